The Balaban J connectivity index is 1.74. The van der Waals surface area contributed by atoms with Gasteiger partial charge in [-0.1, -0.05) is 41.9 Å². The van der Waals surface area contributed by atoms with E-state index in [1.165, 1.54) is 16.4 Å². The van der Waals surface area contributed by atoms with Gasteiger partial charge in [0.15, 0.2) is 5.82 Å². The van der Waals surface area contributed by atoms with Crippen molar-refractivity contribution >= 4 is 62.5 Å². The topological polar surface area (TPSA) is 98.7 Å². The quantitative estimate of drug-likeness (QED) is 0.290. The van der Waals surface area contributed by atoms with Gasteiger partial charge in [-0.05, 0) is 58.4 Å². The van der Waals surface area contributed by atoms with E-state index in [4.69, 9.17) is 27.6 Å². The number of rotatable bonds is 6. The summed E-state index contributed by atoms with van der Waals surface area (Å²) in [5.41, 5.74) is 1.96. The summed E-state index contributed by atoms with van der Waals surface area (Å²) in [5, 5.41) is 16.6. The summed E-state index contributed by atoms with van der Waals surface area (Å²) in [6.45, 7) is 3.81. The van der Waals surface area contributed by atoms with Crippen molar-refractivity contribution in [2.75, 3.05) is 11.1 Å². The van der Waals surface area contributed by atoms with Crippen molar-refractivity contribution in [3.8, 4) is 17.3 Å². The molecule has 0 aliphatic rings. The number of nitrogens with one attached hydrogen (secondary N) is 1. The lowest BCUT2D eigenvalue weighted by molar-refractivity contribution is 0.101. The Bertz CT molecular complexity index is 1310. The van der Waals surface area contributed by atoms with Crippen molar-refractivity contribution in [2.45, 2.75) is 19.1 Å². The number of benzene rings is 1. The third-order valence-corrected chi connectivity index (χ3v) is 5.90. The molecule has 12 heteroatoms. The molecule has 0 spiro atoms. The van der Waals surface area contributed by atoms with Gasteiger partial charge in [-0.25, -0.2) is 9.67 Å². The normalized spacial score (nSPS) is 11.0. The highest BCUT2D eigenvalue weighted by atomic mass is 79.9. The number of hydrogen-bond acceptors (Lipinski definition) is 7. The van der Waals surface area contributed by atoms with E-state index < -0.39 is 5.91 Å². The van der Waals surface area contributed by atoms with Gasteiger partial charge in [0, 0.05) is 17.3 Å². The number of amides is 1. The molecule has 0 bridgehead atoms. The molecule has 1 amide bonds. The van der Waals surface area contributed by atoms with Crippen molar-refractivity contribution in [2.24, 2.45) is 0 Å². The molecule has 1 aromatic carbocycles. The lowest BCUT2D eigenvalue weighted by Gasteiger charge is -2.13. The molecule has 3 heterocycles. The van der Waals surface area contributed by atoms with Gasteiger partial charge in [-0.2, -0.15) is 5.10 Å². The fraction of sp³-hybridized carbons (Fsp3) is 0.150. The van der Waals surface area contributed by atoms with E-state index in [2.05, 4.69) is 41.5 Å². The number of nitrogens with zero attached hydrogens (tertiary/aromatic N) is 5. The number of carbonyl (C=O) groups is 1. The predicted molar refractivity (Wildman–Crippen MR) is 128 cm³/mol. The summed E-state index contributed by atoms with van der Waals surface area (Å²) in [5.74, 6) is 0.939. The highest BCUT2D eigenvalue weighted by molar-refractivity contribution is 9.10. The van der Waals surface area contributed by atoms with E-state index in [-0.39, 0.29) is 11.6 Å². The summed E-state index contributed by atoms with van der Waals surface area (Å²) in [6.07, 6.45) is 1.57. The van der Waals surface area contributed by atoms with E-state index in [0.29, 0.717) is 36.9 Å². The largest absolute Gasteiger partial charge is 0.411 e. The Morgan fingerprint density at radius 3 is 2.84 bits per heavy atom. The maximum absolute atomic E-state index is 13.3. The highest BCUT2D eigenvalue weighted by Gasteiger charge is 2.22. The van der Waals surface area contributed by atoms with Gasteiger partial charge < -0.3 is 9.73 Å². The van der Waals surface area contributed by atoms with Crippen LogP contribution in [0.4, 0.5) is 5.69 Å². The molecule has 8 nitrogen and oxygen atoms in total. The molecule has 164 valence electrons. The van der Waals surface area contributed by atoms with Crippen LogP contribution in [0.25, 0.3) is 17.3 Å². The molecule has 1 N–H and O–H groups in total. The molecular weight excluding hydrogens is 539 g/mol. The zero-order valence-corrected chi connectivity index (χ0v) is 20.7. The Hall–Kier alpha value is -2.40. The Morgan fingerprint density at radius 2 is 2.09 bits per heavy atom. The molecule has 4 aromatic rings. The van der Waals surface area contributed by atoms with Gasteiger partial charge in [-0.3, -0.25) is 4.79 Å². The minimum Gasteiger partial charge on any atom is -0.411 e. The van der Waals surface area contributed by atoms with E-state index in [9.17, 15) is 4.79 Å². The maximum atomic E-state index is 13.3. The van der Waals surface area contributed by atoms with E-state index >= 15 is 0 Å². The monoisotopic (exact) mass is 552 g/mol. The molecule has 0 radical (unpaired) electrons. The third-order valence-electron chi connectivity index (χ3n) is 4.30. The van der Waals surface area contributed by atoms with Crippen molar-refractivity contribution < 1.29 is 9.21 Å². The van der Waals surface area contributed by atoms with E-state index in [0.717, 1.165) is 11.3 Å². The summed E-state index contributed by atoms with van der Waals surface area (Å²) < 4.78 is 7.56. The summed E-state index contributed by atoms with van der Waals surface area (Å²) in [6, 6.07) is 8.35. The fourth-order valence-electron chi connectivity index (χ4n) is 2.96. The summed E-state index contributed by atoms with van der Waals surface area (Å²) in [4.78, 5) is 17.5. The first kappa shape index (κ1) is 22.8. The van der Waals surface area contributed by atoms with Gasteiger partial charge >= 0.3 is 0 Å². The molecule has 0 aliphatic carbocycles. The fourth-order valence-corrected chi connectivity index (χ4v) is 4.30. The number of carbonyl (C=O) groups excluding carboxylic acids is 1. The Morgan fingerprint density at radius 1 is 1.28 bits per heavy atom. The molecule has 0 unspecified atom stereocenters. The minimum absolute atomic E-state index is 0.227. The van der Waals surface area contributed by atoms with Gasteiger partial charge in [-0.15, -0.1) is 10.2 Å². The average Bonchev–Trinajstić information content (AvgIpc) is 3.37. The lowest BCUT2D eigenvalue weighted by atomic mass is 10.1. The standard InChI is InChI=1S/C20H15BrCl2N6O2S/c1-3-32-20-27-26-19(31-20)12-8-11(22)7-10(2)16(12)25-18(30)14-9-15(21)28-29(14)17-13(23)5-4-6-24-17/h4-9H,3H2,1-2H3,(H,25,30). The number of aryl methyl sites for hydroxylation is 1. The zero-order chi connectivity index (χ0) is 22.8. The van der Waals surface area contributed by atoms with E-state index in [1.807, 2.05) is 13.8 Å². The van der Waals surface area contributed by atoms with Crippen LogP contribution in [-0.2, 0) is 0 Å². The number of pyridine rings is 1. The number of halogens is 3. The van der Waals surface area contributed by atoms with Crippen LogP contribution >= 0.6 is 50.9 Å². The smallest absolute Gasteiger partial charge is 0.276 e. The first-order chi connectivity index (χ1) is 15.4. The number of hydrogen-bond donors (Lipinski definition) is 1. The summed E-state index contributed by atoms with van der Waals surface area (Å²) in [7, 11) is 0. The SMILES string of the molecule is CCSc1nnc(-c2cc(Cl)cc(C)c2NC(=O)c2cc(Br)nn2-c2ncccc2Cl)o1. The Labute approximate surface area is 205 Å². The van der Waals surface area contributed by atoms with Crippen molar-refractivity contribution in [1.82, 2.24) is 25.0 Å². The molecular formula is C20H15BrCl2N6O2S. The van der Waals surface area contributed by atoms with E-state index in [1.54, 1.807) is 36.5 Å². The van der Waals surface area contributed by atoms with Crippen LogP contribution in [0.15, 0.2) is 50.8 Å². The zero-order valence-electron chi connectivity index (χ0n) is 16.8. The number of thioether (sulfide) groups is 1. The third kappa shape index (κ3) is 4.68. The van der Waals surface area contributed by atoms with Gasteiger partial charge in [0.2, 0.25) is 0 Å². The molecule has 4 rings (SSSR count). The second-order valence-electron chi connectivity index (χ2n) is 6.48. The molecule has 0 saturated carbocycles. The van der Waals surface area contributed by atoms with Gasteiger partial charge in [0.05, 0.1) is 16.3 Å². The molecule has 0 fully saturated rings. The first-order valence-corrected chi connectivity index (χ1v) is 11.9. The van der Waals surface area contributed by atoms with Crippen LogP contribution in [0, 0.1) is 6.92 Å². The van der Waals surface area contributed by atoms with Crippen LogP contribution in [0.3, 0.4) is 0 Å². The number of anilines is 1. The van der Waals surface area contributed by atoms with Crippen LogP contribution in [0.2, 0.25) is 10.0 Å². The van der Waals surface area contributed by atoms with Gasteiger partial charge in [0.25, 0.3) is 17.0 Å². The Kier molecular flexibility index (Phi) is 6.85. The maximum Gasteiger partial charge on any atom is 0.276 e. The van der Waals surface area contributed by atoms with Crippen LogP contribution in [0.5, 0.6) is 0 Å². The summed E-state index contributed by atoms with van der Waals surface area (Å²) >= 11 is 17.3. The van der Waals surface area contributed by atoms with Crippen molar-refractivity contribution in [3.05, 3.63) is 62.4 Å². The van der Waals surface area contributed by atoms with Crippen LogP contribution in [-0.4, -0.2) is 36.6 Å². The van der Waals surface area contributed by atoms with Gasteiger partial charge in [0.1, 0.15) is 10.3 Å². The highest BCUT2D eigenvalue weighted by Crippen LogP contribution is 2.35. The molecule has 3 aromatic heterocycles. The minimum atomic E-state index is -0.431. The van der Waals surface area contributed by atoms with Crippen molar-refractivity contribution in [3.63, 3.8) is 0 Å². The molecule has 32 heavy (non-hydrogen) atoms. The average molecular weight is 554 g/mol. The predicted octanol–water partition coefficient (Wildman–Crippen LogP) is 6.06. The van der Waals surface area contributed by atoms with Crippen LogP contribution in [0.1, 0.15) is 23.0 Å². The van der Waals surface area contributed by atoms with Crippen LogP contribution < -0.4 is 5.32 Å². The second-order valence-corrected chi connectivity index (χ2v) is 9.35. The second kappa shape index (κ2) is 9.62. The number of aromatic nitrogens is 5. The molecule has 0 aliphatic heterocycles. The lowest BCUT2D eigenvalue weighted by Crippen LogP contribution is -2.18. The van der Waals surface area contributed by atoms with Crippen molar-refractivity contribution in [1.29, 1.82) is 0 Å². The first-order valence-electron chi connectivity index (χ1n) is 9.32. The molecule has 0 saturated heterocycles. The molecule has 0 atom stereocenters.